The van der Waals surface area contributed by atoms with Gasteiger partial charge in [-0.25, -0.2) is 14.8 Å². The summed E-state index contributed by atoms with van der Waals surface area (Å²) in [7, 11) is 0. The Hall–Kier alpha value is -3.49. The van der Waals surface area contributed by atoms with Crippen molar-refractivity contribution >= 4 is 34.4 Å². The molecule has 0 aliphatic carbocycles. The van der Waals surface area contributed by atoms with E-state index in [1.165, 1.54) is 0 Å². The predicted octanol–water partition coefficient (Wildman–Crippen LogP) is 3.76. The molecule has 32 heavy (non-hydrogen) atoms. The first-order valence-corrected chi connectivity index (χ1v) is 10.6. The number of benzene rings is 1. The molecule has 5 rings (SSSR count). The summed E-state index contributed by atoms with van der Waals surface area (Å²) in [6.07, 6.45) is 3.85. The van der Waals surface area contributed by atoms with Crippen LogP contribution in [0.25, 0.3) is 33.7 Å². The second kappa shape index (κ2) is 7.89. The molecule has 4 aromatic rings. The van der Waals surface area contributed by atoms with Gasteiger partial charge in [0.25, 0.3) is 0 Å². The number of hydrogen-bond acceptors (Lipinski definition) is 6. The zero-order chi connectivity index (χ0) is 22.3. The maximum absolute atomic E-state index is 11.2. The highest BCUT2D eigenvalue weighted by molar-refractivity contribution is 6.31. The number of imidazole rings is 1. The highest BCUT2D eigenvalue weighted by Crippen LogP contribution is 2.28. The monoisotopic (exact) mass is 449 g/mol. The van der Waals surface area contributed by atoms with Gasteiger partial charge in [-0.05, 0) is 42.5 Å². The van der Waals surface area contributed by atoms with Crippen molar-refractivity contribution < 1.29 is 15.0 Å². The first-order valence-electron chi connectivity index (χ1n) is 10.2. The zero-order valence-corrected chi connectivity index (χ0v) is 17.8. The summed E-state index contributed by atoms with van der Waals surface area (Å²) in [5.41, 5.74) is 2.59. The molecular formula is C23H20ClN5O3. The second-order valence-corrected chi connectivity index (χ2v) is 8.34. The molecule has 8 nitrogen and oxygen atoms in total. The van der Waals surface area contributed by atoms with Crippen molar-refractivity contribution in [2.24, 2.45) is 0 Å². The summed E-state index contributed by atoms with van der Waals surface area (Å²) in [5.74, 6) is 0.307. The van der Waals surface area contributed by atoms with E-state index in [0.29, 0.717) is 18.1 Å². The van der Waals surface area contributed by atoms with Crippen molar-refractivity contribution in [1.29, 1.82) is 0 Å². The number of H-pyrrole nitrogens is 1. The van der Waals surface area contributed by atoms with Crippen molar-refractivity contribution in [3.63, 3.8) is 0 Å². The normalized spacial score (nSPS) is 15.8. The van der Waals surface area contributed by atoms with Crippen LogP contribution in [0.5, 0.6) is 0 Å². The number of hydrogen-bond donors (Lipinski definition) is 3. The molecule has 1 aliphatic heterocycles. The molecular weight excluding hydrogens is 430 g/mol. The number of carboxylic acid groups (broad SMARTS) is 1. The third kappa shape index (κ3) is 3.79. The van der Waals surface area contributed by atoms with Crippen LogP contribution in [0.1, 0.15) is 12.8 Å². The second-order valence-electron chi connectivity index (χ2n) is 7.91. The molecule has 3 N–H and O–H groups in total. The van der Waals surface area contributed by atoms with E-state index in [4.69, 9.17) is 16.7 Å². The topological polar surface area (TPSA) is 115 Å². The molecule has 1 fully saturated rings. The number of pyridine rings is 2. The molecule has 0 amide bonds. The quantitative estimate of drug-likeness (QED) is 0.434. The zero-order valence-electron chi connectivity index (χ0n) is 17.0. The summed E-state index contributed by atoms with van der Waals surface area (Å²) < 4.78 is 0. The van der Waals surface area contributed by atoms with Crippen molar-refractivity contribution in [3.8, 4) is 22.6 Å². The van der Waals surface area contributed by atoms with Gasteiger partial charge in [-0.2, -0.15) is 0 Å². The summed E-state index contributed by atoms with van der Waals surface area (Å²) in [5, 5.41) is 19.9. The first kappa shape index (κ1) is 20.4. The minimum Gasteiger partial charge on any atom is -0.479 e. The number of rotatable bonds is 4. The SMILES string of the molecule is O=C(O)C1(O)CCN(c2ccc(-c3ccc(-c4nc5ccc(Cl)cc5[nH]4)cn3)cn2)CC1. The summed E-state index contributed by atoms with van der Waals surface area (Å²) in [6.45, 7) is 0.871. The third-order valence-electron chi connectivity index (χ3n) is 5.84. The van der Waals surface area contributed by atoms with Gasteiger partial charge in [0.1, 0.15) is 11.6 Å². The summed E-state index contributed by atoms with van der Waals surface area (Å²) in [6, 6.07) is 13.2. The van der Waals surface area contributed by atoms with Crippen LogP contribution >= 0.6 is 11.6 Å². The van der Waals surface area contributed by atoms with Gasteiger partial charge < -0.3 is 20.1 Å². The van der Waals surface area contributed by atoms with E-state index in [-0.39, 0.29) is 12.8 Å². The van der Waals surface area contributed by atoms with Gasteiger partial charge in [0.2, 0.25) is 0 Å². The van der Waals surface area contributed by atoms with Gasteiger partial charge in [-0.15, -0.1) is 0 Å². The molecule has 3 aromatic heterocycles. The number of carboxylic acids is 1. The predicted molar refractivity (Wildman–Crippen MR) is 122 cm³/mol. The minimum atomic E-state index is -1.64. The van der Waals surface area contributed by atoms with Gasteiger partial charge in [0.05, 0.1) is 16.7 Å². The Balaban J connectivity index is 1.31. The average Bonchev–Trinajstić information content (AvgIpc) is 3.23. The van der Waals surface area contributed by atoms with Crippen LogP contribution in [0.15, 0.2) is 54.9 Å². The smallest absolute Gasteiger partial charge is 0.335 e. The molecule has 9 heteroatoms. The Morgan fingerprint density at radius 2 is 1.78 bits per heavy atom. The van der Waals surface area contributed by atoms with Gasteiger partial charge in [0.15, 0.2) is 5.60 Å². The van der Waals surface area contributed by atoms with E-state index >= 15 is 0 Å². The van der Waals surface area contributed by atoms with Crippen LogP contribution in [0.4, 0.5) is 5.82 Å². The Labute approximate surface area is 188 Å². The number of nitrogens with one attached hydrogen (secondary N) is 1. The van der Waals surface area contributed by atoms with E-state index in [1.54, 1.807) is 12.4 Å². The lowest BCUT2D eigenvalue weighted by atomic mass is 9.91. The third-order valence-corrected chi connectivity index (χ3v) is 6.07. The standard InChI is InChI=1S/C23H20ClN5O3/c24-16-3-5-18-19(11-16)28-21(27-18)15-1-4-17(25-13-15)14-2-6-20(26-12-14)29-9-7-23(32,8-10-29)22(30)31/h1-6,11-13,32H,7-10H2,(H,27,28)(H,30,31). The van der Waals surface area contributed by atoms with Crippen LogP contribution in [0.3, 0.4) is 0 Å². The average molecular weight is 450 g/mol. The van der Waals surface area contributed by atoms with Crippen LogP contribution in [-0.2, 0) is 4.79 Å². The number of piperidine rings is 1. The lowest BCUT2D eigenvalue weighted by molar-refractivity contribution is -0.160. The van der Waals surface area contributed by atoms with Gasteiger partial charge in [-0.1, -0.05) is 11.6 Å². The molecule has 0 unspecified atom stereocenters. The Morgan fingerprint density at radius 3 is 2.44 bits per heavy atom. The maximum atomic E-state index is 11.2. The number of anilines is 1. The molecule has 0 spiro atoms. The summed E-state index contributed by atoms with van der Waals surface area (Å²) >= 11 is 6.04. The Bertz CT molecular complexity index is 1280. The molecule has 0 bridgehead atoms. The van der Waals surface area contributed by atoms with Crippen molar-refractivity contribution in [2.45, 2.75) is 18.4 Å². The molecule has 1 saturated heterocycles. The maximum Gasteiger partial charge on any atom is 0.335 e. The molecule has 0 atom stereocenters. The van der Waals surface area contributed by atoms with E-state index < -0.39 is 11.6 Å². The molecule has 0 saturated carbocycles. The molecule has 1 aromatic carbocycles. The lowest BCUT2D eigenvalue weighted by Gasteiger charge is -2.35. The number of halogens is 1. The number of aromatic nitrogens is 4. The minimum absolute atomic E-state index is 0.169. The van der Waals surface area contributed by atoms with E-state index in [1.807, 2.05) is 47.4 Å². The van der Waals surface area contributed by atoms with Crippen molar-refractivity contribution in [1.82, 2.24) is 19.9 Å². The van der Waals surface area contributed by atoms with E-state index in [9.17, 15) is 9.90 Å². The molecule has 1 aliphatic rings. The molecule has 4 heterocycles. The molecule has 0 radical (unpaired) electrons. The number of fused-ring (bicyclic) bond motifs is 1. The fourth-order valence-electron chi connectivity index (χ4n) is 3.87. The summed E-state index contributed by atoms with van der Waals surface area (Å²) in [4.78, 5) is 30.1. The fourth-order valence-corrected chi connectivity index (χ4v) is 4.04. The highest BCUT2D eigenvalue weighted by Gasteiger charge is 2.39. The van der Waals surface area contributed by atoms with Crippen LogP contribution in [-0.4, -0.2) is 54.8 Å². The fraction of sp³-hybridized carbons (Fsp3) is 0.217. The van der Waals surface area contributed by atoms with E-state index in [2.05, 4.69) is 19.9 Å². The van der Waals surface area contributed by atoms with Crippen LogP contribution in [0.2, 0.25) is 5.02 Å². The van der Waals surface area contributed by atoms with Crippen molar-refractivity contribution in [3.05, 3.63) is 59.9 Å². The number of aliphatic hydroxyl groups is 1. The van der Waals surface area contributed by atoms with Crippen LogP contribution in [0, 0.1) is 0 Å². The van der Waals surface area contributed by atoms with Crippen molar-refractivity contribution in [2.75, 3.05) is 18.0 Å². The van der Waals surface area contributed by atoms with Gasteiger partial charge in [-0.3, -0.25) is 4.98 Å². The number of aromatic amines is 1. The Morgan fingerprint density at radius 1 is 1.03 bits per heavy atom. The van der Waals surface area contributed by atoms with E-state index in [0.717, 1.165) is 39.5 Å². The Kier molecular flexibility index (Phi) is 5.03. The largest absolute Gasteiger partial charge is 0.479 e. The number of aliphatic carboxylic acids is 1. The molecule has 162 valence electrons. The number of nitrogens with zero attached hydrogens (tertiary/aromatic N) is 4. The lowest BCUT2D eigenvalue weighted by Crippen LogP contribution is -2.49. The highest BCUT2D eigenvalue weighted by atomic mass is 35.5. The van der Waals surface area contributed by atoms with Gasteiger partial charge >= 0.3 is 5.97 Å². The van der Waals surface area contributed by atoms with Crippen LogP contribution < -0.4 is 4.90 Å². The first-order chi connectivity index (χ1) is 15.4. The van der Waals surface area contributed by atoms with Gasteiger partial charge in [0, 0.05) is 54.5 Å². The number of carbonyl (C=O) groups is 1.